The predicted octanol–water partition coefficient (Wildman–Crippen LogP) is 6.53. The minimum atomic E-state index is -0.770. The van der Waals surface area contributed by atoms with E-state index in [0.29, 0.717) is 22.2 Å². The van der Waals surface area contributed by atoms with Crippen LogP contribution in [0.15, 0.2) is 72.8 Å². The van der Waals surface area contributed by atoms with Crippen LogP contribution in [0, 0.1) is 3.57 Å². The number of rotatable bonds is 9. The summed E-state index contributed by atoms with van der Waals surface area (Å²) >= 11 is 14.6. The van der Waals surface area contributed by atoms with Gasteiger partial charge in [0.2, 0.25) is 5.91 Å². The van der Waals surface area contributed by atoms with Gasteiger partial charge in [0.05, 0.1) is 10.0 Å². The normalized spacial score (nSPS) is 12.1. The smallest absolute Gasteiger partial charge is 0.261 e. The molecule has 0 aliphatic rings. The van der Waals surface area contributed by atoms with Gasteiger partial charge in [-0.3, -0.25) is 9.59 Å². The van der Waals surface area contributed by atoms with Crippen LogP contribution >= 0.6 is 45.8 Å². The second-order valence-corrected chi connectivity index (χ2v) is 11.5. The van der Waals surface area contributed by atoms with Gasteiger partial charge in [0.25, 0.3) is 5.91 Å². The Morgan fingerprint density at radius 2 is 1.61 bits per heavy atom. The fourth-order valence-corrected chi connectivity index (χ4v) is 4.28. The van der Waals surface area contributed by atoms with Crippen molar-refractivity contribution >= 4 is 57.6 Å². The number of ether oxygens (including phenoxy) is 1. The second kappa shape index (κ2) is 12.8. The van der Waals surface area contributed by atoms with Crippen LogP contribution < -0.4 is 10.1 Å². The summed E-state index contributed by atoms with van der Waals surface area (Å²) in [5, 5.41) is 3.85. The molecule has 1 atom stereocenters. The summed E-state index contributed by atoms with van der Waals surface area (Å²) in [5.74, 6) is 0.0237. The minimum Gasteiger partial charge on any atom is -0.484 e. The van der Waals surface area contributed by atoms with Crippen molar-refractivity contribution in [3.05, 3.63) is 97.5 Å². The molecule has 2 amide bonds. The van der Waals surface area contributed by atoms with Gasteiger partial charge >= 0.3 is 0 Å². The van der Waals surface area contributed by atoms with E-state index in [0.717, 1.165) is 14.7 Å². The zero-order chi connectivity index (χ0) is 26.3. The topological polar surface area (TPSA) is 58.6 Å². The van der Waals surface area contributed by atoms with Crippen LogP contribution in [0.3, 0.4) is 0 Å². The summed E-state index contributed by atoms with van der Waals surface area (Å²) in [5.41, 5.74) is 1.23. The molecule has 0 spiro atoms. The Morgan fingerprint density at radius 1 is 0.944 bits per heavy atom. The van der Waals surface area contributed by atoms with Crippen molar-refractivity contribution in [1.29, 1.82) is 0 Å². The largest absolute Gasteiger partial charge is 0.484 e. The SMILES string of the molecule is CC(C)(C)NC(=O)[C@@H](Cc1ccccc1)N(Cc1ccc(Cl)c(Cl)c1)C(=O)COc1ccc(I)cc1. The van der Waals surface area contributed by atoms with Crippen LogP contribution in [0.2, 0.25) is 10.0 Å². The van der Waals surface area contributed by atoms with Gasteiger partial charge in [-0.2, -0.15) is 0 Å². The number of carbonyl (C=O) groups is 2. The van der Waals surface area contributed by atoms with Crippen LogP contribution in [0.4, 0.5) is 0 Å². The zero-order valence-electron chi connectivity index (χ0n) is 20.4. The molecule has 190 valence electrons. The van der Waals surface area contributed by atoms with E-state index in [-0.39, 0.29) is 25.0 Å². The lowest BCUT2D eigenvalue weighted by molar-refractivity contribution is -0.143. The summed E-state index contributed by atoms with van der Waals surface area (Å²) in [6, 6.07) is 21.5. The summed E-state index contributed by atoms with van der Waals surface area (Å²) in [4.78, 5) is 28.7. The number of benzene rings is 3. The van der Waals surface area contributed by atoms with Crippen molar-refractivity contribution in [2.24, 2.45) is 0 Å². The Hall–Kier alpha value is -2.29. The second-order valence-electron chi connectivity index (χ2n) is 9.46. The Labute approximate surface area is 236 Å². The first-order chi connectivity index (χ1) is 17.0. The number of hydrogen-bond donors (Lipinski definition) is 1. The molecule has 8 heteroatoms. The first kappa shape index (κ1) is 28.3. The monoisotopic (exact) mass is 638 g/mol. The molecule has 1 N–H and O–H groups in total. The molecule has 0 unspecified atom stereocenters. The summed E-state index contributed by atoms with van der Waals surface area (Å²) in [7, 11) is 0. The van der Waals surface area contributed by atoms with Crippen molar-refractivity contribution in [3.8, 4) is 5.75 Å². The lowest BCUT2D eigenvalue weighted by atomic mass is 10.0. The van der Waals surface area contributed by atoms with E-state index in [1.807, 2.05) is 75.4 Å². The number of halogens is 3. The lowest BCUT2D eigenvalue weighted by Gasteiger charge is -2.33. The molecule has 5 nitrogen and oxygen atoms in total. The van der Waals surface area contributed by atoms with E-state index < -0.39 is 11.6 Å². The molecular formula is C28H29Cl2IN2O3. The molecule has 3 rings (SSSR count). The van der Waals surface area contributed by atoms with Gasteiger partial charge in [-0.05, 0) is 90.9 Å². The highest BCUT2D eigenvalue weighted by atomic mass is 127. The van der Waals surface area contributed by atoms with Crippen molar-refractivity contribution in [2.45, 2.75) is 45.3 Å². The average molecular weight is 639 g/mol. The first-order valence-corrected chi connectivity index (χ1v) is 13.3. The number of amides is 2. The Morgan fingerprint density at radius 3 is 2.22 bits per heavy atom. The molecule has 0 radical (unpaired) electrons. The predicted molar refractivity (Wildman–Crippen MR) is 153 cm³/mol. The molecular weight excluding hydrogens is 610 g/mol. The number of nitrogens with one attached hydrogen (secondary N) is 1. The van der Waals surface area contributed by atoms with Crippen LogP contribution in [0.25, 0.3) is 0 Å². The Kier molecular flexibility index (Phi) is 10.0. The highest BCUT2D eigenvalue weighted by molar-refractivity contribution is 14.1. The molecule has 0 heterocycles. The van der Waals surface area contributed by atoms with Gasteiger partial charge in [0, 0.05) is 22.1 Å². The summed E-state index contributed by atoms with van der Waals surface area (Å²) in [6.07, 6.45) is 0.347. The van der Waals surface area contributed by atoms with Gasteiger partial charge in [-0.15, -0.1) is 0 Å². The average Bonchev–Trinajstić information content (AvgIpc) is 2.82. The van der Waals surface area contributed by atoms with Crippen LogP contribution in [0.5, 0.6) is 5.75 Å². The highest BCUT2D eigenvalue weighted by Crippen LogP contribution is 2.25. The van der Waals surface area contributed by atoms with E-state index in [1.54, 1.807) is 23.1 Å². The number of nitrogens with zero attached hydrogens (tertiary/aromatic N) is 1. The molecule has 36 heavy (non-hydrogen) atoms. The van der Waals surface area contributed by atoms with Gasteiger partial charge in [0.1, 0.15) is 11.8 Å². The third-order valence-corrected chi connectivity index (χ3v) is 6.74. The summed E-state index contributed by atoms with van der Waals surface area (Å²) < 4.78 is 6.86. The van der Waals surface area contributed by atoms with Gasteiger partial charge in [0.15, 0.2) is 6.61 Å². The van der Waals surface area contributed by atoms with Crippen molar-refractivity contribution in [1.82, 2.24) is 10.2 Å². The number of carbonyl (C=O) groups excluding carboxylic acids is 2. The molecule has 0 saturated heterocycles. The molecule has 0 saturated carbocycles. The first-order valence-electron chi connectivity index (χ1n) is 11.5. The van der Waals surface area contributed by atoms with Crippen molar-refractivity contribution in [2.75, 3.05) is 6.61 Å². The third-order valence-electron chi connectivity index (χ3n) is 5.28. The fourth-order valence-electron chi connectivity index (χ4n) is 3.60. The highest BCUT2D eigenvalue weighted by Gasteiger charge is 2.32. The molecule has 0 aromatic heterocycles. The van der Waals surface area contributed by atoms with Gasteiger partial charge in [-0.25, -0.2) is 0 Å². The standard InChI is InChI=1S/C28H29Cl2IN2O3/c1-28(2,3)32-27(35)25(16-19-7-5-4-6-8-19)33(17-20-9-14-23(29)24(30)15-20)26(34)18-36-22-12-10-21(31)11-13-22/h4-15,25H,16-18H2,1-3H3,(H,32,35)/t25-/m1/s1. The fraction of sp³-hybridized carbons (Fsp3) is 0.286. The maximum Gasteiger partial charge on any atom is 0.261 e. The van der Waals surface area contributed by atoms with Crippen LogP contribution in [-0.2, 0) is 22.6 Å². The van der Waals surface area contributed by atoms with Crippen molar-refractivity contribution < 1.29 is 14.3 Å². The van der Waals surface area contributed by atoms with E-state index in [9.17, 15) is 9.59 Å². The Bertz CT molecular complexity index is 1180. The van der Waals surface area contributed by atoms with Crippen LogP contribution in [-0.4, -0.2) is 34.9 Å². The summed E-state index contributed by atoms with van der Waals surface area (Å²) in [6.45, 7) is 5.69. The molecule has 0 aliphatic heterocycles. The molecule has 3 aromatic carbocycles. The zero-order valence-corrected chi connectivity index (χ0v) is 24.1. The van der Waals surface area contributed by atoms with Crippen LogP contribution in [0.1, 0.15) is 31.9 Å². The maximum atomic E-state index is 13.6. The number of hydrogen-bond acceptors (Lipinski definition) is 3. The van der Waals surface area contributed by atoms with E-state index >= 15 is 0 Å². The molecule has 0 aliphatic carbocycles. The minimum absolute atomic E-state index is 0.167. The molecule has 3 aromatic rings. The third kappa shape index (κ3) is 8.68. The quantitative estimate of drug-likeness (QED) is 0.271. The van der Waals surface area contributed by atoms with E-state index in [4.69, 9.17) is 27.9 Å². The van der Waals surface area contributed by atoms with E-state index in [1.165, 1.54) is 0 Å². The van der Waals surface area contributed by atoms with E-state index in [2.05, 4.69) is 27.9 Å². The maximum absolute atomic E-state index is 13.6. The Balaban J connectivity index is 1.94. The van der Waals surface area contributed by atoms with Gasteiger partial charge < -0.3 is 15.0 Å². The lowest BCUT2D eigenvalue weighted by Crippen LogP contribution is -2.55. The van der Waals surface area contributed by atoms with Crippen molar-refractivity contribution in [3.63, 3.8) is 0 Å². The van der Waals surface area contributed by atoms with Gasteiger partial charge in [-0.1, -0.05) is 59.6 Å². The molecule has 0 bridgehead atoms. The molecule has 0 fully saturated rings.